The topological polar surface area (TPSA) is 81.1 Å². The summed E-state index contributed by atoms with van der Waals surface area (Å²) in [5.41, 5.74) is 5.16. The Morgan fingerprint density at radius 2 is 2.04 bits per heavy atom. The summed E-state index contributed by atoms with van der Waals surface area (Å²) in [7, 11) is 1.60. The van der Waals surface area contributed by atoms with Crippen LogP contribution in [0.5, 0.6) is 5.75 Å². The Labute approximate surface area is 167 Å². The zero-order valence-corrected chi connectivity index (χ0v) is 16.4. The molecular formula is C20H21N5O2S. The summed E-state index contributed by atoms with van der Waals surface area (Å²) in [6.07, 6.45) is 0.753. The zero-order chi connectivity index (χ0) is 19.5. The van der Waals surface area contributed by atoms with Gasteiger partial charge in [-0.3, -0.25) is 4.79 Å². The number of hydrogen-bond donors (Lipinski definition) is 2. The Morgan fingerprint density at radius 3 is 2.79 bits per heavy atom. The molecule has 1 aromatic heterocycles. The molecule has 8 heteroatoms. The van der Waals surface area contributed by atoms with E-state index in [2.05, 4.69) is 20.9 Å². The average Bonchev–Trinajstić information content (AvgIpc) is 3.15. The first-order chi connectivity index (χ1) is 13.7. The van der Waals surface area contributed by atoms with Crippen molar-refractivity contribution in [2.75, 3.05) is 17.9 Å². The number of aromatic nitrogens is 3. The average molecular weight is 395 g/mol. The molecule has 0 saturated carbocycles. The Balaban J connectivity index is 1.65. The molecule has 1 aliphatic heterocycles. The fourth-order valence-corrected chi connectivity index (χ4v) is 4.25. The minimum atomic E-state index is -0.407. The number of aryl methyl sites for hydroxylation is 1. The highest BCUT2D eigenvalue weighted by atomic mass is 32.2. The first-order valence-electron chi connectivity index (χ1n) is 9.07. The Bertz CT molecular complexity index is 976. The molecule has 0 saturated heterocycles. The van der Waals surface area contributed by atoms with Crippen molar-refractivity contribution in [1.82, 2.24) is 14.9 Å². The van der Waals surface area contributed by atoms with E-state index in [9.17, 15) is 4.79 Å². The van der Waals surface area contributed by atoms with E-state index in [0.29, 0.717) is 16.6 Å². The highest BCUT2D eigenvalue weighted by molar-refractivity contribution is 8.00. The number of rotatable bonds is 5. The summed E-state index contributed by atoms with van der Waals surface area (Å²) < 4.78 is 7.13. The lowest BCUT2D eigenvalue weighted by Crippen LogP contribution is -2.41. The van der Waals surface area contributed by atoms with Gasteiger partial charge in [0.15, 0.2) is 5.82 Å². The van der Waals surface area contributed by atoms with Gasteiger partial charge in [-0.15, -0.1) is 10.2 Å². The van der Waals surface area contributed by atoms with Crippen LogP contribution in [0.3, 0.4) is 0 Å². The number of thioether (sulfide) groups is 1. The minimum Gasteiger partial charge on any atom is -0.497 e. The number of ether oxygens (including phenoxy) is 1. The van der Waals surface area contributed by atoms with Crippen LogP contribution in [-0.2, 0) is 11.2 Å². The minimum absolute atomic E-state index is 0.105. The highest BCUT2D eigenvalue weighted by Gasteiger charge is 2.37. The van der Waals surface area contributed by atoms with Gasteiger partial charge < -0.3 is 15.5 Å². The van der Waals surface area contributed by atoms with Crippen molar-refractivity contribution in [2.24, 2.45) is 0 Å². The van der Waals surface area contributed by atoms with Crippen LogP contribution < -0.4 is 15.5 Å². The Morgan fingerprint density at radius 1 is 1.21 bits per heavy atom. The van der Waals surface area contributed by atoms with Crippen LogP contribution in [0.4, 0.5) is 5.69 Å². The van der Waals surface area contributed by atoms with E-state index in [4.69, 9.17) is 4.74 Å². The normalized spacial score (nSPS) is 18.1. The van der Waals surface area contributed by atoms with Gasteiger partial charge >= 0.3 is 0 Å². The van der Waals surface area contributed by atoms with Crippen LogP contribution >= 0.6 is 11.8 Å². The number of carbonyl (C=O) groups excluding carboxylic acids is 1. The molecule has 2 heterocycles. The Hall–Kier alpha value is -3.00. The fraction of sp³-hybridized carbons (Fsp3) is 0.250. The quantitative estimate of drug-likeness (QED) is 0.690. The zero-order valence-electron chi connectivity index (χ0n) is 15.6. The van der Waals surface area contributed by atoms with Gasteiger partial charge in [-0.05, 0) is 17.7 Å². The summed E-state index contributed by atoms with van der Waals surface area (Å²) >= 11 is 1.42. The van der Waals surface area contributed by atoms with Crippen LogP contribution in [0, 0.1) is 0 Å². The van der Waals surface area contributed by atoms with E-state index in [1.54, 1.807) is 13.2 Å². The van der Waals surface area contributed by atoms with Crippen molar-refractivity contribution in [3.63, 3.8) is 0 Å². The fourth-order valence-electron chi connectivity index (χ4n) is 3.15. The number of methoxy groups -OCH3 is 1. The number of hydrogen-bond acceptors (Lipinski definition) is 6. The van der Waals surface area contributed by atoms with Crippen LogP contribution in [0.2, 0.25) is 0 Å². The molecule has 1 amide bonds. The van der Waals surface area contributed by atoms with Gasteiger partial charge in [0.25, 0.3) is 0 Å². The highest BCUT2D eigenvalue weighted by Crippen LogP contribution is 2.37. The first-order valence-corrected chi connectivity index (χ1v) is 9.95. The molecule has 2 aromatic carbocycles. The predicted octanol–water partition coefficient (Wildman–Crippen LogP) is 3.25. The lowest BCUT2D eigenvalue weighted by molar-refractivity contribution is -0.116. The van der Waals surface area contributed by atoms with E-state index < -0.39 is 5.25 Å². The van der Waals surface area contributed by atoms with E-state index in [0.717, 1.165) is 17.8 Å². The maximum absolute atomic E-state index is 13.2. The maximum atomic E-state index is 13.2. The van der Waals surface area contributed by atoms with Gasteiger partial charge in [-0.25, -0.2) is 4.68 Å². The van der Waals surface area contributed by atoms with Gasteiger partial charge in [-0.1, -0.05) is 55.1 Å². The number of amides is 1. The number of carbonyl (C=O) groups is 1. The third-order valence-electron chi connectivity index (χ3n) is 4.57. The van der Waals surface area contributed by atoms with Gasteiger partial charge in [0, 0.05) is 18.2 Å². The molecular weight excluding hydrogens is 374 g/mol. The molecule has 2 N–H and O–H groups in total. The van der Waals surface area contributed by atoms with Gasteiger partial charge in [-0.2, -0.15) is 0 Å². The summed E-state index contributed by atoms with van der Waals surface area (Å²) in [5, 5.41) is 11.7. The summed E-state index contributed by atoms with van der Waals surface area (Å²) in [4.78, 5) is 13.2. The third kappa shape index (κ3) is 3.55. The molecule has 4 rings (SSSR count). The molecule has 1 aliphatic rings. The van der Waals surface area contributed by atoms with Crippen LogP contribution in [0.1, 0.15) is 24.4 Å². The van der Waals surface area contributed by atoms with Crippen LogP contribution in [-0.4, -0.2) is 33.1 Å². The van der Waals surface area contributed by atoms with Crippen LogP contribution in [0.15, 0.2) is 59.8 Å². The van der Waals surface area contributed by atoms with Crippen LogP contribution in [0.25, 0.3) is 0 Å². The molecule has 2 atom stereocenters. The maximum Gasteiger partial charge on any atom is 0.240 e. The molecule has 144 valence electrons. The molecule has 0 radical (unpaired) electrons. The molecule has 0 spiro atoms. The lowest BCUT2D eigenvalue weighted by atomic mass is 10.0. The van der Waals surface area contributed by atoms with Crippen molar-refractivity contribution in [3.05, 3.63) is 66.0 Å². The van der Waals surface area contributed by atoms with Gasteiger partial charge in [0.1, 0.15) is 11.0 Å². The van der Waals surface area contributed by atoms with Gasteiger partial charge in [0.2, 0.25) is 11.1 Å². The van der Waals surface area contributed by atoms with Crippen molar-refractivity contribution < 1.29 is 9.53 Å². The third-order valence-corrected chi connectivity index (χ3v) is 5.79. The SMILES string of the molecule is CCc1nnc2n1N[C@@H](c1ccccc1)[C@@H](C(=O)Nc1cccc(OC)c1)S2. The molecule has 28 heavy (non-hydrogen) atoms. The summed E-state index contributed by atoms with van der Waals surface area (Å²) in [6, 6.07) is 17.1. The van der Waals surface area contributed by atoms with E-state index in [-0.39, 0.29) is 11.9 Å². The van der Waals surface area contributed by atoms with Crippen molar-refractivity contribution >= 4 is 23.4 Å². The molecule has 0 fully saturated rings. The van der Waals surface area contributed by atoms with Gasteiger partial charge in [0.05, 0.1) is 13.2 Å². The van der Waals surface area contributed by atoms with Crippen molar-refractivity contribution in [2.45, 2.75) is 29.8 Å². The number of benzene rings is 2. The molecule has 0 unspecified atom stereocenters. The van der Waals surface area contributed by atoms with E-state index >= 15 is 0 Å². The number of anilines is 1. The summed E-state index contributed by atoms with van der Waals surface area (Å²) in [6.45, 7) is 2.03. The second-order valence-corrected chi connectivity index (χ2v) is 7.47. The van der Waals surface area contributed by atoms with E-state index in [1.165, 1.54) is 11.8 Å². The smallest absolute Gasteiger partial charge is 0.240 e. The molecule has 0 aliphatic carbocycles. The number of fused-ring (bicyclic) bond motifs is 1. The molecule has 3 aromatic rings. The Kier molecular flexibility index (Phi) is 5.21. The molecule has 0 bridgehead atoms. The van der Waals surface area contributed by atoms with Crippen molar-refractivity contribution in [1.29, 1.82) is 0 Å². The van der Waals surface area contributed by atoms with Crippen molar-refractivity contribution in [3.8, 4) is 5.75 Å². The van der Waals surface area contributed by atoms with E-state index in [1.807, 2.05) is 60.1 Å². The largest absolute Gasteiger partial charge is 0.497 e. The lowest BCUT2D eigenvalue weighted by Gasteiger charge is -2.33. The second-order valence-electron chi connectivity index (χ2n) is 6.36. The number of nitrogens with zero attached hydrogens (tertiary/aromatic N) is 3. The monoisotopic (exact) mass is 395 g/mol. The summed E-state index contributed by atoms with van der Waals surface area (Å²) in [5.74, 6) is 1.43. The predicted molar refractivity (Wildman–Crippen MR) is 109 cm³/mol. The number of nitrogens with one attached hydrogen (secondary N) is 2. The first kappa shape index (κ1) is 18.4. The standard InChI is InChI=1S/C20H21N5O2S/c1-3-16-22-23-20-25(16)24-17(13-8-5-4-6-9-13)18(28-20)19(26)21-14-10-7-11-15(12-14)27-2/h4-12,17-18,24H,3H2,1-2H3,(H,21,26)/t17-,18-/m0/s1. The molecule has 7 nitrogen and oxygen atoms in total. The second kappa shape index (κ2) is 7.93.